The van der Waals surface area contributed by atoms with Crippen LogP contribution in [0.15, 0.2) is 18.2 Å². The Morgan fingerprint density at radius 3 is 2.71 bits per heavy atom. The maximum atomic E-state index is 10.5. The molecule has 0 heterocycles. The van der Waals surface area contributed by atoms with Gasteiger partial charge < -0.3 is 10.5 Å². The Morgan fingerprint density at radius 1 is 1.50 bits per heavy atom. The van der Waals surface area contributed by atoms with Gasteiger partial charge in [0.1, 0.15) is 5.75 Å². The molecule has 0 aromatic heterocycles. The van der Waals surface area contributed by atoms with Gasteiger partial charge in [0.15, 0.2) is 6.61 Å². The van der Waals surface area contributed by atoms with E-state index in [1.807, 2.05) is 25.1 Å². The van der Waals surface area contributed by atoms with Crippen molar-refractivity contribution in [3.8, 4) is 5.75 Å². The molecule has 0 atom stereocenters. The van der Waals surface area contributed by atoms with Crippen molar-refractivity contribution >= 4 is 5.91 Å². The zero-order valence-corrected chi connectivity index (χ0v) is 8.54. The van der Waals surface area contributed by atoms with E-state index in [2.05, 4.69) is 6.92 Å². The predicted molar refractivity (Wildman–Crippen MR) is 55.2 cm³/mol. The SMILES string of the molecule is CCc1ccc(OCC(N)=O)cc1C. The zero-order chi connectivity index (χ0) is 10.6. The summed E-state index contributed by atoms with van der Waals surface area (Å²) in [5.74, 6) is 0.237. The Morgan fingerprint density at radius 2 is 2.21 bits per heavy atom. The molecule has 0 aliphatic rings. The van der Waals surface area contributed by atoms with Crippen LogP contribution < -0.4 is 10.5 Å². The lowest BCUT2D eigenvalue weighted by molar-refractivity contribution is -0.119. The number of benzene rings is 1. The topological polar surface area (TPSA) is 52.3 Å². The maximum absolute atomic E-state index is 10.5. The number of rotatable bonds is 4. The summed E-state index contributed by atoms with van der Waals surface area (Å²) in [7, 11) is 0. The van der Waals surface area contributed by atoms with Gasteiger partial charge in [0.05, 0.1) is 0 Å². The Hall–Kier alpha value is -1.51. The van der Waals surface area contributed by atoms with Crippen LogP contribution in [0.2, 0.25) is 0 Å². The van der Waals surface area contributed by atoms with Crippen molar-refractivity contribution in [3.63, 3.8) is 0 Å². The van der Waals surface area contributed by atoms with Gasteiger partial charge in [-0.25, -0.2) is 0 Å². The average molecular weight is 193 g/mol. The first-order valence-electron chi connectivity index (χ1n) is 4.64. The molecule has 1 rings (SSSR count). The summed E-state index contributed by atoms with van der Waals surface area (Å²) >= 11 is 0. The van der Waals surface area contributed by atoms with Gasteiger partial charge in [0.2, 0.25) is 0 Å². The van der Waals surface area contributed by atoms with E-state index < -0.39 is 5.91 Å². The largest absolute Gasteiger partial charge is 0.484 e. The lowest BCUT2D eigenvalue weighted by Gasteiger charge is -2.07. The van der Waals surface area contributed by atoms with Gasteiger partial charge in [-0.1, -0.05) is 13.0 Å². The molecule has 1 aromatic rings. The molecule has 0 radical (unpaired) electrons. The molecule has 76 valence electrons. The van der Waals surface area contributed by atoms with Gasteiger partial charge in [0, 0.05) is 0 Å². The summed E-state index contributed by atoms with van der Waals surface area (Å²) in [6.45, 7) is 4.06. The van der Waals surface area contributed by atoms with Crippen LogP contribution in [-0.2, 0) is 11.2 Å². The van der Waals surface area contributed by atoms with E-state index in [-0.39, 0.29) is 6.61 Å². The molecule has 3 heteroatoms. The Balaban J connectivity index is 2.71. The fourth-order valence-corrected chi connectivity index (χ4v) is 1.31. The molecule has 0 unspecified atom stereocenters. The first kappa shape index (κ1) is 10.6. The Labute approximate surface area is 83.9 Å². The molecule has 0 aliphatic carbocycles. The number of nitrogens with two attached hydrogens (primary N) is 1. The fraction of sp³-hybridized carbons (Fsp3) is 0.364. The Bertz CT molecular complexity index is 334. The van der Waals surface area contributed by atoms with Crippen molar-refractivity contribution in [2.75, 3.05) is 6.61 Å². The first-order chi connectivity index (χ1) is 6.63. The number of hydrogen-bond acceptors (Lipinski definition) is 2. The van der Waals surface area contributed by atoms with Crippen LogP contribution in [0.4, 0.5) is 0 Å². The highest BCUT2D eigenvalue weighted by molar-refractivity contribution is 5.75. The summed E-state index contributed by atoms with van der Waals surface area (Å²) in [4.78, 5) is 10.5. The van der Waals surface area contributed by atoms with Crippen LogP contribution in [0.3, 0.4) is 0 Å². The highest BCUT2D eigenvalue weighted by atomic mass is 16.5. The van der Waals surface area contributed by atoms with Crippen molar-refractivity contribution in [1.29, 1.82) is 0 Å². The van der Waals surface area contributed by atoms with Crippen LogP contribution in [0.5, 0.6) is 5.75 Å². The molecule has 3 nitrogen and oxygen atoms in total. The van der Waals surface area contributed by atoms with Crippen LogP contribution in [0.25, 0.3) is 0 Å². The minimum atomic E-state index is -0.456. The lowest BCUT2D eigenvalue weighted by Crippen LogP contribution is -2.20. The van der Waals surface area contributed by atoms with Crippen LogP contribution in [0, 0.1) is 6.92 Å². The second-order valence-electron chi connectivity index (χ2n) is 3.20. The van der Waals surface area contributed by atoms with E-state index in [4.69, 9.17) is 10.5 Å². The van der Waals surface area contributed by atoms with Gasteiger partial charge >= 0.3 is 0 Å². The summed E-state index contributed by atoms with van der Waals surface area (Å²) in [6.07, 6.45) is 1.00. The molecular weight excluding hydrogens is 178 g/mol. The third kappa shape index (κ3) is 2.76. The minimum absolute atomic E-state index is 0.0646. The smallest absolute Gasteiger partial charge is 0.255 e. The number of hydrogen-bond donors (Lipinski definition) is 1. The fourth-order valence-electron chi connectivity index (χ4n) is 1.31. The molecular formula is C11H15NO2. The second kappa shape index (κ2) is 4.65. The average Bonchev–Trinajstić information content (AvgIpc) is 2.15. The summed E-state index contributed by atoms with van der Waals surface area (Å²) in [5.41, 5.74) is 7.43. The first-order valence-corrected chi connectivity index (χ1v) is 4.64. The van der Waals surface area contributed by atoms with E-state index in [0.29, 0.717) is 5.75 Å². The van der Waals surface area contributed by atoms with Crippen molar-refractivity contribution in [3.05, 3.63) is 29.3 Å². The van der Waals surface area contributed by atoms with E-state index >= 15 is 0 Å². The van der Waals surface area contributed by atoms with Crippen molar-refractivity contribution in [1.82, 2.24) is 0 Å². The van der Waals surface area contributed by atoms with Gasteiger partial charge in [-0.05, 0) is 36.6 Å². The molecule has 2 N–H and O–H groups in total. The van der Waals surface area contributed by atoms with E-state index in [9.17, 15) is 4.79 Å². The second-order valence-corrected chi connectivity index (χ2v) is 3.20. The van der Waals surface area contributed by atoms with Crippen molar-refractivity contribution in [2.24, 2.45) is 5.73 Å². The molecule has 0 saturated carbocycles. The summed E-state index contributed by atoms with van der Waals surface area (Å²) in [6, 6.07) is 5.78. The molecule has 0 fully saturated rings. The van der Waals surface area contributed by atoms with E-state index in [0.717, 1.165) is 6.42 Å². The number of carbonyl (C=O) groups is 1. The predicted octanol–water partition coefficient (Wildman–Crippen LogP) is 1.42. The number of ether oxygens (including phenoxy) is 1. The van der Waals surface area contributed by atoms with Gasteiger partial charge in [-0.2, -0.15) is 0 Å². The third-order valence-corrected chi connectivity index (χ3v) is 2.08. The van der Waals surface area contributed by atoms with Gasteiger partial charge in [0.25, 0.3) is 5.91 Å². The van der Waals surface area contributed by atoms with Gasteiger partial charge in [-0.3, -0.25) is 4.79 Å². The molecule has 0 saturated heterocycles. The highest BCUT2D eigenvalue weighted by Gasteiger charge is 2.00. The normalized spacial score (nSPS) is 9.86. The zero-order valence-electron chi connectivity index (χ0n) is 8.54. The van der Waals surface area contributed by atoms with E-state index in [1.165, 1.54) is 11.1 Å². The van der Waals surface area contributed by atoms with E-state index in [1.54, 1.807) is 0 Å². The molecule has 1 amide bonds. The number of amides is 1. The number of carbonyl (C=O) groups excluding carboxylic acids is 1. The molecule has 1 aromatic carbocycles. The Kier molecular flexibility index (Phi) is 3.51. The molecule has 0 spiro atoms. The maximum Gasteiger partial charge on any atom is 0.255 e. The van der Waals surface area contributed by atoms with Crippen LogP contribution >= 0.6 is 0 Å². The molecule has 0 bridgehead atoms. The monoisotopic (exact) mass is 193 g/mol. The summed E-state index contributed by atoms with van der Waals surface area (Å²) in [5, 5.41) is 0. The standard InChI is InChI=1S/C11H15NO2/c1-3-9-4-5-10(6-8(9)2)14-7-11(12)13/h4-6H,3,7H2,1-2H3,(H2,12,13). The lowest BCUT2D eigenvalue weighted by atomic mass is 10.1. The van der Waals surface area contributed by atoms with Crippen LogP contribution in [-0.4, -0.2) is 12.5 Å². The number of primary amides is 1. The highest BCUT2D eigenvalue weighted by Crippen LogP contribution is 2.17. The third-order valence-electron chi connectivity index (χ3n) is 2.08. The molecule has 14 heavy (non-hydrogen) atoms. The van der Waals surface area contributed by atoms with Crippen molar-refractivity contribution < 1.29 is 9.53 Å². The quantitative estimate of drug-likeness (QED) is 0.786. The van der Waals surface area contributed by atoms with Crippen molar-refractivity contribution in [2.45, 2.75) is 20.3 Å². The number of aryl methyl sites for hydroxylation is 2. The molecule has 0 aliphatic heterocycles. The minimum Gasteiger partial charge on any atom is -0.484 e. The van der Waals surface area contributed by atoms with Crippen LogP contribution in [0.1, 0.15) is 18.1 Å². The summed E-state index contributed by atoms with van der Waals surface area (Å²) < 4.78 is 5.17. The van der Waals surface area contributed by atoms with Gasteiger partial charge in [-0.15, -0.1) is 0 Å².